The number of ether oxygens (including phenoxy) is 2. The summed E-state index contributed by atoms with van der Waals surface area (Å²) in [5, 5.41) is 10.5. The molecule has 2 aromatic rings. The maximum Gasteiger partial charge on any atom is 0.348 e. The summed E-state index contributed by atoms with van der Waals surface area (Å²) in [6.45, 7) is 6.61. The second-order valence-electron chi connectivity index (χ2n) is 11.0. The molecule has 1 aromatic carbocycles. The Kier molecular flexibility index (Phi) is 12.0. The fourth-order valence-electron chi connectivity index (χ4n) is 5.88. The normalized spacial score (nSPS) is 22.2. The Labute approximate surface area is 247 Å². The Hall–Kier alpha value is -1.15. The average molecular weight is 597 g/mol. The minimum Gasteiger partial charge on any atom is -0.460 e. The highest BCUT2D eigenvalue weighted by Gasteiger charge is 2.46. The van der Waals surface area contributed by atoms with Crippen molar-refractivity contribution in [3.05, 3.63) is 57.3 Å². The van der Waals surface area contributed by atoms with Gasteiger partial charge in [-0.15, -0.1) is 34.5 Å². The van der Waals surface area contributed by atoms with Crippen molar-refractivity contribution in [3.63, 3.8) is 0 Å². The molecule has 1 aliphatic carbocycles. The van der Waals surface area contributed by atoms with Crippen molar-refractivity contribution in [2.45, 2.75) is 81.1 Å². The lowest BCUT2D eigenvalue weighted by Crippen LogP contribution is -2.38. The molecule has 1 aliphatic heterocycles. The molecule has 216 valence electrons. The number of benzene rings is 1. The standard InChI is InChI=1S/C31H43Cl2NO4S/c1-2-3-4-8-27(35)23-9-11-25(12-10-23)29-24(15-16-31(29,32)33)6-5-7-26-13-14-28(39-26)30(36)38-22-19-34-17-20-37-21-18-34/h9-14,24,27,29,35H,2-8,15-22H2,1H3/t24-,27?,29-/m0/s1. The van der Waals surface area contributed by atoms with Crippen LogP contribution in [-0.4, -0.2) is 59.8 Å². The third kappa shape index (κ3) is 8.92. The summed E-state index contributed by atoms with van der Waals surface area (Å²) < 4.78 is 10.1. The average Bonchev–Trinajstić information content (AvgIpc) is 3.53. The maximum atomic E-state index is 12.5. The van der Waals surface area contributed by atoms with Gasteiger partial charge in [0.15, 0.2) is 0 Å². The molecule has 5 nitrogen and oxygen atoms in total. The van der Waals surface area contributed by atoms with E-state index >= 15 is 0 Å². The Bertz CT molecular complexity index is 1020. The number of thiophene rings is 1. The van der Waals surface area contributed by atoms with Gasteiger partial charge in [-0.1, -0.05) is 50.5 Å². The zero-order valence-corrected chi connectivity index (χ0v) is 25.4. The Morgan fingerprint density at radius 3 is 2.67 bits per heavy atom. The molecule has 39 heavy (non-hydrogen) atoms. The molecule has 2 aliphatic rings. The number of unbranched alkanes of at least 4 members (excludes halogenated alkanes) is 2. The van der Waals surface area contributed by atoms with E-state index in [-0.39, 0.29) is 11.9 Å². The van der Waals surface area contributed by atoms with Gasteiger partial charge in [0.25, 0.3) is 0 Å². The highest BCUT2D eigenvalue weighted by molar-refractivity contribution is 7.13. The van der Waals surface area contributed by atoms with Gasteiger partial charge in [-0.05, 0) is 67.7 Å². The van der Waals surface area contributed by atoms with Crippen LogP contribution in [0, 0.1) is 5.92 Å². The molecule has 4 rings (SSSR count). The number of carbonyl (C=O) groups is 1. The second kappa shape index (κ2) is 15.2. The maximum absolute atomic E-state index is 12.5. The monoisotopic (exact) mass is 595 g/mol. The summed E-state index contributed by atoms with van der Waals surface area (Å²) >= 11 is 15.2. The summed E-state index contributed by atoms with van der Waals surface area (Å²) in [6, 6.07) is 12.2. The molecule has 0 radical (unpaired) electrons. The number of nitrogens with zero attached hydrogens (tertiary/aromatic N) is 1. The van der Waals surface area contributed by atoms with Crippen LogP contribution in [0.3, 0.4) is 0 Å². The van der Waals surface area contributed by atoms with Crippen LogP contribution < -0.4 is 0 Å². The predicted octanol–water partition coefficient (Wildman–Crippen LogP) is 7.54. The quantitative estimate of drug-likeness (QED) is 0.139. The van der Waals surface area contributed by atoms with Crippen LogP contribution in [0.25, 0.3) is 0 Å². The number of morpholine rings is 1. The van der Waals surface area contributed by atoms with E-state index in [2.05, 4.69) is 24.0 Å². The van der Waals surface area contributed by atoms with Crippen LogP contribution in [0.1, 0.15) is 96.0 Å². The van der Waals surface area contributed by atoms with Gasteiger partial charge in [0.05, 0.1) is 19.3 Å². The highest BCUT2D eigenvalue weighted by atomic mass is 35.5. The van der Waals surface area contributed by atoms with E-state index < -0.39 is 10.4 Å². The predicted molar refractivity (Wildman–Crippen MR) is 160 cm³/mol. The van der Waals surface area contributed by atoms with Gasteiger partial charge >= 0.3 is 5.97 Å². The van der Waals surface area contributed by atoms with E-state index in [9.17, 15) is 9.90 Å². The van der Waals surface area contributed by atoms with Crippen molar-refractivity contribution in [3.8, 4) is 0 Å². The van der Waals surface area contributed by atoms with Crippen LogP contribution in [0.2, 0.25) is 0 Å². The van der Waals surface area contributed by atoms with E-state index in [1.54, 1.807) is 0 Å². The molecule has 0 spiro atoms. The van der Waals surface area contributed by atoms with Crippen molar-refractivity contribution in [2.75, 3.05) is 39.5 Å². The first kappa shape index (κ1) is 30.8. The van der Waals surface area contributed by atoms with Gasteiger partial charge in [-0.2, -0.15) is 0 Å². The number of rotatable bonds is 14. The minimum atomic E-state index is -0.771. The largest absolute Gasteiger partial charge is 0.460 e. The van der Waals surface area contributed by atoms with Crippen molar-refractivity contribution in [1.29, 1.82) is 0 Å². The number of esters is 1. The molecule has 0 bridgehead atoms. The van der Waals surface area contributed by atoms with E-state index in [4.69, 9.17) is 32.7 Å². The molecule has 2 heterocycles. The Balaban J connectivity index is 1.25. The van der Waals surface area contributed by atoms with Crippen molar-refractivity contribution < 1.29 is 19.4 Å². The smallest absolute Gasteiger partial charge is 0.348 e. The lowest BCUT2D eigenvalue weighted by atomic mass is 9.84. The lowest BCUT2D eigenvalue weighted by Gasteiger charge is -2.28. The molecule has 1 aromatic heterocycles. The van der Waals surface area contributed by atoms with Gasteiger partial charge in [0.1, 0.15) is 15.8 Å². The number of alkyl halides is 2. The van der Waals surface area contributed by atoms with Crippen LogP contribution in [0.5, 0.6) is 0 Å². The van der Waals surface area contributed by atoms with E-state index in [1.807, 2.05) is 24.3 Å². The number of halogens is 2. The minimum absolute atomic E-state index is 0.0764. The summed E-state index contributed by atoms with van der Waals surface area (Å²) in [6.07, 6.45) is 8.48. The van der Waals surface area contributed by atoms with Gasteiger partial charge < -0.3 is 14.6 Å². The van der Waals surface area contributed by atoms with Crippen LogP contribution in [-0.2, 0) is 15.9 Å². The van der Waals surface area contributed by atoms with Gasteiger partial charge in [0, 0.05) is 30.4 Å². The van der Waals surface area contributed by atoms with Crippen molar-refractivity contribution >= 4 is 40.5 Å². The molecule has 1 saturated carbocycles. The van der Waals surface area contributed by atoms with Crippen LogP contribution >= 0.6 is 34.5 Å². The topological polar surface area (TPSA) is 59.0 Å². The van der Waals surface area contributed by atoms with Crippen LogP contribution in [0.15, 0.2) is 36.4 Å². The fourth-order valence-corrected chi connectivity index (χ4v) is 7.65. The Morgan fingerprint density at radius 2 is 1.92 bits per heavy atom. The molecule has 0 amide bonds. The third-order valence-electron chi connectivity index (χ3n) is 8.14. The fraction of sp³-hybridized carbons (Fsp3) is 0.645. The van der Waals surface area contributed by atoms with E-state index in [0.29, 0.717) is 17.4 Å². The second-order valence-corrected chi connectivity index (χ2v) is 13.7. The van der Waals surface area contributed by atoms with Crippen LogP contribution in [0.4, 0.5) is 0 Å². The third-order valence-corrected chi connectivity index (χ3v) is 10.1. The molecular formula is C31H43Cl2NO4S. The Morgan fingerprint density at radius 1 is 1.15 bits per heavy atom. The molecule has 1 N–H and O–H groups in total. The molecule has 8 heteroatoms. The summed E-state index contributed by atoms with van der Waals surface area (Å²) in [5.41, 5.74) is 2.12. The van der Waals surface area contributed by atoms with Gasteiger partial charge in [0.2, 0.25) is 0 Å². The first-order chi connectivity index (χ1) is 18.9. The zero-order valence-electron chi connectivity index (χ0n) is 23.1. The van der Waals surface area contributed by atoms with E-state index in [0.717, 1.165) is 102 Å². The molecule has 1 unspecified atom stereocenters. The number of hydrogen-bond acceptors (Lipinski definition) is 6. The van der Waals surface area contributed by atoms with Crippen molar-refractivity contribution in [1.82, 2.24) is 4.90 Å². The highest BCUT2D eigenvalue weighted by Crippen LogP contribution is 2.55. The molecular weight excluding hydrogens is 553 g/mol. The van der Waals surface area contributed by atoms with Gasteiger partial charge in [-0.3, -0.25) is 4.90 Å². The molecule has 3 atom stereocenters. The number of aliphatic hydroxyl groups excluding tert-OH is 1. The summed E-state index contributed by atoms with van der Waals surface area (Å²) in [4.78, 5) is 16.6. The first-order valence-electron chi connectivity index (χ1n) is 14.6. The van der Waals surface area contributed by atoms with E-state index in [1.165, 1.54) is 16.2 Å². The SMILES string of the molecule is CCCCCC(O)c1ccc([C@@H]2[C@@H](CCCc3ccc(C(=O)OCCN4CCOCC4)s3)CCC2(Cl)Cl)cc1. The van der Waals surface area contributed by atoms with Gasteiger partial charge in [-0.25, -0.2) is 4.79 Å². The first-order valence-corrected chi connectivity index (χ1v) is 16.2. The number of carbonyl (C=O) groups excluding carboxylic acids is 1. The number of aryl methyl sites for hydroxylation is 1. The zero-order chi connectivity index (χ0) is 27.7. The van der Waals surface area contributed by atoms with Crippen molar-refractivity contribution in [2.24, 2.45) is 5.92 Å². The number of aliphatic hydroxyl groups is 1. The molecule has 1 saturated heterocycles. The summed E-state index contributed by atoms with van der Waals surface area (Å²) in [5.74, 6) is 0.251. The molecule has 2 fully saturated rings. The number of hydrogen-bond donors (Lipinski definition) is 1. The lowest BCUT2D eigenvalue weighted by molar-refractivity contribution is 0.0197. The summed E-state index contributed by atoms with van der Waals surface area (Å²) in [7, 11) is 0.